The molecule has 1 saturated heterocycles. The van der Waals surface area contributed by atoms with Gasteiger partial charge in [0.1, 0.15) is 5.58 Å². The molecule has 4 heteroatoms. The molecular formula is C24H26N2O2. The maximum absolute atomic E-state index is 12.1. The summed E-state index contributed by atoms with van der Waals surface area (Å²) >= 11 is 0. The van der Waals surface area contributed by atoms with Crippen LogP contribution in [0, 0.1) is 6.92 Å². The lowest BCUT2D eigenvalue weighted by Crippen LogP contribution is -2.46. The third kappa shape index (κ3) is 3.22. The second kappa shape index (κ2) is 7.10. The van der Waals surface area contributed by atoms with E-state index in [0.29, 0.717) is 0 Å². The minimum Gasteiger partial charge on any atom is -0.423 e. The quantitative estimate of drug-likeness (QED) is 0.652. The first-order valence-electron chi connectivity index (χ1n) is 10.3. The number of rotatable bonds is 3. The molecule has 0 radical (unpaired) electrons. The fourth-order valence-electron chi connectivity index (χ4n) is 4.73. The van der Waals surface area contributed by atoms with Crippen molar-refractivity contribution in [1.82, 2.24) is 4.90 Å². The first-order chi connectivity index (χ1) is 13.7. The van der Waals surface area contributed by atoms with Crippen LogP contribution in [0.3, 0.4) is 0 Å². The topological polar surface area (TPSA) is 36.7 Å². The summed E-state index contributed by atoms with van der Waals surface area (Å²) in [5.41, 5.74) is 7.05. The third-order valence-electron chi connectivity index (χ3n) is 6.27. The van der Waals surface area contributed by atoms with Crippen molar-refractivity contribution in [3.05, 3.63) is 75.1 Å². The van der Waals surface area contributed by atoms with E-state index in [0.717, 1.165) is 62.1 Å². The Morgan fingerprint density at radius 1 is 0.964 bits per heavy atom. The summed E-state index contributed by atoms with van der Waals surface area (Å²) in [7, 11) is 0. The van der Waals surface area contributed by atoms with Crippen molar-refractivity contribution in [3.63, 3.8) is 0 Å². The fraction of sp³-hybridized carbons (Fsp3) is 0.375. The van der Waals surface area contributed by atoms with Crippen LogP contribution in [0.2, 0.25) is 0 Å². The molecule has 28 heavy (non-hydrogen) atoms. The summed E-state index contributed by atoms with van der Waals surface area (Å²) < 4.78 is 5.52. The first-order valence-corrected chi connectivity index (χ1v) is 10.3. The molecule has 4 nitrogen and oxygen atoms in total. The number of aryl methyl sites for hydroxylation is 3. The van der Waals surface area contributed by atoms with E-state index < -0.39 is 0 Å². The molecule has 0 N–H and O–H groups in total. The SMILES string of the molecule is Cc1ccccc1N1CCN(Cc2cc(=O)oc3cc4c(cc23)CCC4)CC1. The highest BCUT2D eigenvalue weighted by Crippen LogP contribution is 2.29. The minimum absolute atomic E-state index is 0.237. The van der Waals surface area contributed by atoms with Crippen molar-refractivity contribution >= 4 is 16.7 Å². The van der Waals surface area contributed by atoms with Crippen LogP contribution in [0.25, 0.3) is 11.0 Å². The number of benzene rings is 2. The first kappa shape index (κ1) is 17.5. The lowest BCUT2D eigenvalue weighted by Gasteiger charge is -2.37. The molecule has 1 aliphatic heterocycles. The zero-order valence-corrected chi connectivity index (χ0v) is 16.4. The van der Waals surface area contributed by atoms with Crippen molar-refractivity contribution in [2.24, 2.45) is 0 Å². The van der Waals surface area contributed by atoms with Gasteiger partial charge in [0, 0.05) is 49.9 Å². The molecular weight excluding hydrogens is 348 g/mol. The molecule has 2 heterocycles. The molecule has 0 saturated carbocycles. The standard InChI is InChI=1S/C24H26N2O2/c1-17-5-2-3-8-22(17)26-11-9-25(10-12-26)16-20-15-24(27)28-23-14-19-7-4-6-18(19)13-21(20)23/h2-3,5,8,13-15H,4,6-7,9-12,16H2,1H3. The van der Waals surface area contributed by atoms with Gasteiger partial charge in [0.2, 0.25) is 0 Å². The van der Waals surface area contributed by atoms with E-state index in [1.807, 2.05) is 0 Å². The van der Waals surface area contributed by atoms with E-state index in [1.165, 1.54) is 28.8 Å². The van der Waals surface area contributed by atoms with Gasteiger partial charge in [-0.3, -0.25) is 4.90 Å². The second-order valence-electron chi connectivity index (χ2n) is 8.11. The number of hydrogen-bond donors (Lipinski definition) is 0. The zero-order valence-electron chi connectivity index (χ0n) is 16.4. The van der Waals surface area contributed by atoms with Crippen LogP contribution in [0.5, 0.6) is 0 Å². The van der Waals surface area contributed by atoms with E-state index in [-0.39, 0.29) is 5.63 Å². The Hall–Kier alpha value is -2.59. The Bertz CT molecular complexity index is 1080. The summed E-state index contributed by atoms with van der Waals surface area (Å²) in [6, 6.07) is 14.6. The van der Waals surface area contributed by atoms with Gasteiger partial charge in [0.15, 0.2) is 0 Å². The number of piperazine rings is 1. The van der Waals surface area contributed by atoms with Gasteiger partial charge in [-0.15, -0.1) is 0 Å². The van der Waals surface area contributed by atoms with E-state index >= 15 is 0 Å². The van der Waals surface area contributed by atoms with Crippen LogP contribution in [-0.4, -0.2) is 31.1 Å². The molecule has 0 atom stereocenters. The van der Waals surface area contributed by atoms with Crippen molar-refractivity contribution in [3.8, 4) is 0 Å². The molecule has 0 bridgehead atoms. The van der Waals surface area contributed by atoms with Crippen LogP contribution < -0.4 is 10.5 Å². The molecule has 2 aromatic carbocycles. The van der Waals surface area contributed by atoms with Crippen molar-refractivity contribution in [2.75, 3.05) is 31.1 Å². The van der Waals surface area contributed by atoms with E-state index in [4.69, 9.17) is 4.42 Å². The number of nitrogens with zero attached hydrogens (tertiary/aromatic N) is 2. The monoisotopic (exact) mass is 374 g/mol. The van der Waals surface area contributed by atoms with Gasteiger partial charge in [-0.05, 0) is 66.6 Å². The minimum atomic E-state index is -0.237. The van der Waals surface area contributed by atoms with Crippen LogP contribution in [0.1, 0.15) is 28.7 Å². The smallest absolute Gasteiger partial charge is 0.336 e. The predicted molar refractivity (Wildman–Crippen MR) is 113 cm³/mol. The highest BCUT2D eigenvalue weighted by Gasteiger charge is 2.20. The number of anilines is 1. The maximum Gasteiger partial charge on any atom is 0.336 e. The van der Waals surface area contributed by atoms with Gasteiger partial charge in [0.05, 0.1) is 0 Å². The van der Waals surface area contributed by atoms with Gasteiger partial charge in [0.25, 0.3) is 0 Å². The highest BCUT2D eigenvalue weighted by molar-refractivity contribution is 5.82. The summed E-state index contributed by atoms with van der Waals surface area (Å²) in [5.74, 6) is 0. The Morgan fingerprint density at radius 3 is 2.50 bits per heavy atom. The molecule has 0 amide bonds. The largest absolute Gasteiger partial charge is 0.423 e. The predicted octanol–water partition coefficient (Wildman–Crippen LogP) is 3.91. The summed E-state index contributed by atoms with van der Waals surface area (Å²) in [6.45, 7) is 7.01. The second-order valence-corrected chi connectivity index (χ2v) is 8.11. The normalized spacial score (nSPS) is 17.2. The van der Waals surface area contributed by atoms with E-state index in [1.54, 1.807) is 6.07 Å². The van der Waals surface area contributed by atoms with Crippen molar-refractivity contribution in [1.29, 1.82) is 0 Å². The molecule has 3 aromatic rings. The Balaban J connectivity index is 1.36. The van der Waals surface area contributed by atoms with Crippen LogP contribution in [0.15, 0.2) is 51.7 Å². The van der Waals surface area contributed by atoms with E-state index in [2.05, 4.69) is 53.1 Å². The lowest BCUT2D eigenvalue weighted by molar-refractivity contribution is 0.250. The van der Waals surface area contributed by atoms with E-state index in [9.17, 15) is 4.79 Å². The van der Waals surface area contributed by atoms with Crippen LogP contribution >= 0.6 is 0 Å². The fourth-order valence-corrected chi connectivity index (χ4v) is 4.73. The molecule has 1 fully saturated rings. The highest BCUT2D eigenvalue weighted by atomic mass is 16.4. The van der Waals surface area contributed by atoms with Crippen molar-refractivity contribution < 1.29 is 4.42 Å². The number of hydrogen-bond acceptors (Lipinski definition) is 4. The third-order valence-corrected chi connectivity index (χ3v) is 6.27. The van der Waals surface area contributed by atoms with Gasteiger partial charge in [-0.2, -0.15) is 0 Å². The zero-order chi connectivity index (χ0) is 19.1. The molecule has 5 rings (SSSR count). The average Bonchev–Trinajstić information content (AvgIpc) is 3.15. The molecule has 2 aliphatic rings. The Kier molecular flexibility index (Phi) is 4.44. The molecule has 0 unspecified atom stereocenters. The number of fused-ring (bicyclic) bond motifs is 2. The van der Waals surface area contributed by atoms with Gasteiger partial charge in [-0.1, -0.05) is 18.2 Å². The molecule has 1 aliphatic carbocycles. The van der Waals surface area contributed by atoms with Gasteiger partial charge in [-0.25, -0.2) is 4.79 Å². The molecule has 1 aromatic heterocycles. The van der Waals surface area contributed by atoms with Crippen LogP contribution in [-0.2, 0) is 19.4 Å². The Labute approximate surface area is 165 Å². The summed E-state index contributed by atoms with van der Waals surface area (Å²) in [4.78, 5) is 17.1. The van der Waals surface area contributed by atoms with Crippen LogP contribution in [0.4, 0.5) is 5.69 Å². The molecule has 0 spiro atoms. The Morgan fingerprint density at radius 2 is 1.71 bits per heavy atom. The average molecular weight is 374 g/mol. The summed E-state index contributed by atoms with van der Waals surface area (Å²) in [6.07, 6.45) is 3.44. The van der Waals surface area contributed by atoms with Crippen molar-refractivity contribution in [2.45, 2.75) is 32.7 Å². The lowest BCUT2D eigenvalue weighted by atomic mass is 10.0. The summed E-state index contributed by atoms with van der Waals surface area (Å²) in [5, 5.41) is 1.11. The maximum atomic E-state index is 12.1. The van der Waals surface area contributed by atoms with Gasteiger partial charge >= 0.3 is 5.63 Å². The molecule has 144 valence electrons. The number of para-hydroxylation sites is 1. The van der Waals surface area contributed by atoms with Gasteiger partial charge < -0.3 is 9.32 Å².